The zero-order valence-corrected chi connectivity index (χ0v) is 13.0. The van der Waals surface area contributed by atoms with Crippen molar-refractivity contribution in [2.75, 3.05) is 11.9 Å². The molecule has 0 aliphatic carbocycles. The fourth-order valence-electron chi connectivity index (χ4n) is 1.74. The minimum atomic E-state index is -0.121. The molecule has 2 heterocycles. The molecule has 0 spiro atoms. The first kappa shape index (κ1) is 14.6. The summed E-state index contributed by atoms with van der Waals surface area (Å²) in [7, 11) is 0. The Morgan fingerprint density at radius 1 is 1.40 bits per heavy atom. The predicted molar refractivity (Wildman–Crippen MR) is 81.1 cm³/mol. The Balaban J connectivity index is 2.33. The van der Waals surface area contributed by atoms with Crippen LogP contribution in [0.3, 0.4) is 0 Å². The molecule has 2 aromatic rings. The summed E-state index contributed by atoms with van der Waals surface area (Å²) >= 11 is 1.40. The van der Waals surface area contributed by atoms with Crippen LogP contribution < -0.4 is 10.9 Å². The standard InChI is InChI=1S/C13H19N5OS/c1-5-18-12(19)10(6-9(4)17-18)11-15-16-13(20-11)14-7-8(2)3/h6,8H,5,7H2,1-4H3,(H,14,16). The SMILES string of the molecule is CCn1nc(C)cc(-c2nnc(NCC(C)C)s2)c1=O. The molecule has 0 fully saturated rings. The van der Waals surface area contributed by atoms with Crippen molar-refractivity contribution >= 4 is 16.5 Å². The number of hydrogen-bond donors (Lipinski definition) is 1. The number of aryl methyl sites for hydroxylation is 2. The first-order valence-corrected chi connectivity index (χ1v) is 7.49. The highest BCUT2D eigenvalue weighted by Crippen LogP contribution is 2.24. The van der Waals surface area contributed by atoms with Crippen LogP contribution in [0.25, 0.3) is 10.6 Å². The third-order valence-corrected chi connectivity index (χ3v) is 3.63. The third-order valence-electron chi connectivity index (χ3n) is 2.71. The van der Waals surface area contributed by atoms with Gasteiger partial charge in [0.15, 0.2) is 5.01 Å². The molecule has 0 atom stereocenters. The highest BCUT2D eigenvalue weighted by molar-refractivity contribution is 7.18. The number of anilines is 1. The second-order valence-electron chi connectivity index (χ2n) is 5.01. The molecule has 108 valence electrons. The van der Waals surface area contributed by atoms with Gasteiger partial charge in [-0.25, -0.2) is 4.68 Å². The highest BCUT2D eigenvalue weighted by Gasteiger charge is 2.13. The minimum absolute atomic E-state index is 0.121. The normalized spacial score (nSPS) is 11.1. The van der Waals surface area contributed by atoms with Gasteiger partial charge in [0.05, 0.1) is 11.3 Å². The van der Waals surface area contributed by atoms with Gasteiger partial charge in [0, 0.05) is 13.1 Å². The Morgan fingerprint density at radius 2 is 2.15 bits per heavy atom. The molecule has 0 saturated carbocycles. The number of nitrogens with one attached hydrogen (secondary N) is 1. The van der Waals surface area contributed by atoms with E-state index in [1.807, 2.05) is 13.8 Å². The molecule has 0 aromatic carbocycles. The predicted octanol–water partition coefficient (Wildman–Crippen LogP) is 2.16. The van der Waals surface area contributed by atoms with E-state index < -0.39 is 0 Å². The summed E-state index contributed by atoms with van der Waals surface area (Å²) in [5, 5.41) is 17.0. The van der Waals surface area contributed by atoms with E-state index in [0.717, 1.165) is 17.4 Å². The van der Waals surface area contributed by atoms with Crippen molar-refractivity contribution in [1.29, 1.82) is 0 Å². The third kappa shape index (κ3) is 3.22. The molecule has 0 amide bonds. The van der Waals surface area contributed by atoms with E-state index in [4.69, 9.17) is 0 Å². The molecule has 0 radical (unpaired) electrons. The van der Waals surface area contributed by atoms with Crippen molar-refractivity contribution in [3.05, 3.63) is 22.1 Å². The Morgan fingerprint density at radius 3 is 2.80 bits per heavy atom. The second-order valence-corrected chi connectivity index (χ2v) is 5.98. The molecule has 0 saturated heterocycles. The van der Waals surface area contributed by atoms with Crippen LogP contribution in [0.4, 0.5) is 5.13 Å². The van der Waals surface area contributed by atoms with Gasteiger partial charge in [-0.1, -0.05) is 25.2 Å². The van der Waals surface area contributed by atoms with Crippen LogP contribution in [0, 0.1) is 12.8 Å². The topological polar surface area (TPSA) is 72.7 Å². The van der Waals surface area contributed by atoms with E-state index in [1.54, 1.807) is 6.07 Å². The summed E-state index contributed by atoms with van der Waals surface area (Å²) in [5.41, 5.74) is 1.24. The summed E-state index contributed by atoms with van der Waals surface area (Å²) in [4.78, 5) is 12.2. The van der Waals surface area contributed by atoms with Crippen LogP contribution in [0.5, 0.6) is 0 Å². The molecule has 2 rings (SSSR count). The van der Waals surface area contributed by atoms with Crippen LogP contribution in [-0.4, -0.2) is 26.5 Å². The lowest BCUT2D eigenvalue weighted by molar-refractivity contribution is 0.607. The molecule has 20 heavy (non-hydrogen) atoms. The first-order chi connectivity index (χ1) is 9.51. The maximum Gasteiger partial charge on any atom is 0.277 e. The van der Waals surface area contributed by atoms with Gasteiger partial charge in [-0.2, -0.15) is 5.10 Å². The van der Waals surface area contributed by atoms with E-state index in [9.17, 15) is 4.79 Å². The summed E-state index contributed by atoms with van der Waals surface area (Å²) in [6, 6.07) is 1.77. The van der Waals surface area contributed by atoms with Crippen molar-refractivity contribution in [1.82, 2.24) is 20.0 Å². The van der Waals surface area contributed by atoms with Crippen molar-refractivity contribution in [3.8, 4) is 10.6 Å². The maximum atomic E-state index is 12.2. The summed E-state index contributed by atoms with van der Waals surface area (Å²) in [6.45, 7) is 9.40. The van der Waals surface area contributed by atoms with E-state index in [0.29, 0.717) is 23.0 Å². The molecule has 1 N–H and O–H groups in total. The van der Waals surface area contributed by atoms with Gasteiger partial charge in [-0.3, -0.25) is 4.79 Å². The Bertz CT molecular complexity index is 646. The van der Waals surface area contributed by atoms with E-state index in [-0.39, 0.29) is 5.56 Å². The zero-order chi connectivity index (χ0) is 14.7. The van der Waals surface area contributed by atoms with E-state index in [2.05, 4.69) is 34.5 Å². The molecule has 0 aliphatic heterocycles. The Kier molecular flexibility index (Phi) is 4.49. The van der Waals surface area contributed by atoms with Crippen LogP contribution in [0.15, 0.2) is 10.9 Å². The quantitative estimate of drug-likeness (QED) is 0.914. The molecule has 0 aliphatic rings. The van der Waals surface area contributed by atoms with Gasteiger partial charge >= 0.3 is 0 Å². The number of aromatic nitrogens is 4. The van der Waals surface area contributed by atoms with E-state index in [1.165, 1.54) is 16.0 Å². The molecular weight excluding hydrogens is 274 g/mol. The fourth-order valence-corrected chi connectivity index (χ4v) is 2.49. The maximum absolute atomic E-state index is 12.2. The van der Waals surface area contributed by atoms with E-state index >= 15 is 0 Å². The number of hydrogen-bond acceptors (Lipinski definition) is 6. The van der Waals surface area contributed by atoms with Crippen molar-refractivity contribution < 1.29 is 0 Å². The lowest BCUT2D eigenvalue weighted by Gasteiger charge is -2.04. The zero-order valence-electron chi connectivity index (χ0n) is 12.2. The molecule has 6 nitrogen and oxygen atoms in total. The summed E-state index contributed by atoms with van der Waals surface area (Å²) in [6.07, 6.45) is 0. The average Bonchev–Trinajstić information content (AvgIpc) is 2.87. The van der Waals surface area contributed by atoms with Crippen molar-refractivity contribution in [2.24, 2.45) is 5.92 Å². The summed E-state index contributed by atoms with van der Waals surface area (Å²) < 4.78 is 1.45. The minimum Gasteiger partial charge on any atom is -0.360 e. The first-order valence-electron chi connectivity index (χ1n) is 6.67. The number of nitrogens with zero attached hydrogens (tertiary/aromatic N) is 4. The summed E-state index contributed by atoms with van der Waals surface area (Å²) in [5.74, 6) is 0.530. The van der Waals surface area contributed by atoms with Crippen LogP contribution in [-0.2, 0) is 6.54 Å². The van der Waals surface area contributed by atoms with Gasteiger partial charge in [0.25, 0.3) is 5.56 Å². The molecule has 0 unspecified atom stereocenters. The largest absolute Gasteiger partial charge is 0.360 e. The highest BCUT2D eigenvalue weighted by atomic mass is 32.1. The van der Waals surface area contributed by atoms with Crippen molar-refractivity contribution in [2.45, 2.75) is 34.2 Å². The van der Waals surface area contributed by atoms with Crippen LogP contribution in [0.1, 0.15) is 26.5 Å². The molecule has 2 aromatic heterocycles. The second kappa shape index (κ2) is 6.13. The van der Waals surface area contributed by atoms with Crippen LogP contribution in [0.2, 0.25) is 0 Å². The van der Waals surface area contributed by atoms with Gasteiger partial charge in [-0.05, 0) is 25.8 Å². The monoisotopic (exact) mass is 293 g/mol. The Hall–Kier alpha value is -1.76. The van der Waals surface area contributed by atoms with Gasteiger partial charge in [0.1, 0.15) is 0 Å². The average molecular weight is 293 g/mol. The van der Waals surface area contributed by atoms with Gasteiger partial charge in [0.2, 0.25) is 5.13 Å². The fraction of sp³-hybridized carbons (Fsp3) is 0.538. The van der Waals surface area contributed by atoms with Crippen molar-refractivity contribution in [3.63, 3.8) is 0 Å². The van der Waals surface area contributed by atoms with Gasteiger partial charge in [-0.15, -0.1) is 10.2 Å². The smallest absolute Gasteiger partial charge is 0.277 e. The lowest BCUT2D eigenvalue weighted by atomic mass is 10.2. The Labute approximate surface area is 121 Å². The number of rotatable bonds is 5. The van der Waals surface area contributed by atoms with Gasteiger partial charge < -0.3 is 5.32 Å². The lowest BCUT2D eigenvalue weighted by Crippen LogP contribution is -2.24. The van der Waals surface area contributed by atoms with Crippen LogP contribution >= 0.6 is 11.3 Å². The molecule has 0 bridgehead atoms. The molecule has 7 heteroatoms. The molecular formula is C13H19N5OS.